The van der Waals surface area contributed by atoms with E-state index in [1.54, 1.807) is 9.80 Å². The Morgan fingerprint density at radius 1 is 1.29 bits per heavy atom. The van der Waals surface area contributed by atoms with Crippen molar-refractivity contribution in [3.8, 4) is 22.8 Å². The first-order valence-corrected chi connectivity index (χ1v) is 12.0. The lowest BCUT2D eigenvalue weighted by Gasteiger charge is -2.39. The Kier molecular flexibility index (Phi) is 6.04. The third-order valence-corrected chi connectivity index (χ3v) is 7.34. The van der Waals surface area contributed by atoms with E-state index in [9.17, 15) is 19.1 Å². The van der Waals surface area contributed by atoms with E-state index in [-0.39, 0.29) is 57.8 Å². The summed E-state index contributed by atoms with van der Waals surface area (Å²) in [6.07, 6.45) is 3.09. The van der Waals surface area contributed by atoms with Gasteiger partial charge in [-0.15, -0.1) is 0 Å². The van der Waals surface area contributed by atoms with Crippen molar-refractivity contribution in [2.45, 2.75) is 31.8 Å². The molecule has 0 unspecified atom stereocenters. The predicted molar refractivity (Wildman–Crippen MR) is 129 cm³/mol. The van der Waals surface area contributed by atoms with Crippen molar-refractivity contribution in [3.63, 3.8) is 0 Å². The fourth-order valence-electron chi connectivity index (χ4n) is 5.14. The summed E-state index contributed by atoms with van der Waals surface area (Å²) in [7, 11) is 0. The largest absolute Gasteiger partial charge is 0.507 e. The second-order valence-electron chi connectivity index (χ2n) is 9.07. The number of piperazine rings is 1. The Labute approximate surface area is 207 Å². The van der Waals surface area contributed by atoms with Crippen LogP contribution in [-0.2, 0) is 4.79 Å². The van der Waals surface area contributed by atoms with Gasteiger partial charge in [0.15, 0.2) is 5.75 Å². The van der Waals surface area contributed by atoms with Gasteiger partial charge in [0.05, 0.1) is 11.6 Å². The molecule has 8 nitrogen and oxygen atoms in total. The van der Waals surface area contributed by atoms with E-state index in [0.29, 0.717) is 32.0 Å². The first kappa shape index (κ1) is 23.4. The monoisotopic (exact) mass is 500 g/mol. The number of ether oxygens (including phenoxy) is 1. The molecule has 0 bridgehead atoms. The van der Waals surface area contributed by atoms with Crippen LogP contribution in [0.3, 0.4) is 0 Å². The summed E-state index contributed by atoms with van der Waals surface area (Å²) in [6, 6.07) is 3.68. The second kappa shape index (κ2) is 9.03. The maximum absolute atomic E-state index is 14.9. The molecule has 2 amide bonds. The number of carbonyl (C=O) groups excluding carboxylic acids is 2. The van der Waals surface area contributed by atoms with E-state index < -0.39 is 11.9 Å². The average Bonchev–Trinajstić information content (AvgIpc) is 3.21. The number of halogens is 2. The van der Waals surface area contributed by atoms with Crippen LogP contribution in [0.4, 0.5) is 10.2 Å². The maximum Gasteiger partial charge on any atom is 0.261 e. The van der Waals surface area contributed by atoms with Crippen LogP contribution in [0.25, 0.3) is 11.3 Å². The van der Waals surface area contributed by atoms with E-state index in [2.05, 4.69) is 11.6 Å². The van der Waals surface area contributed by atoms with Crippen LogP contribution in [0.15, 0.2) is 30.9 Å². The molecule has 4 heterocycles. The molecular formula is C25H26ClFN4O4. The summed E-state index contributed by atoms with van der Waals surface area (Å²) >= 11 is 6.72. The van der Waals surface area contributed by atoms with Gasteiger partial charge >= 0.3 is 0 Å². The van der Waals surface area contributed by atoms with Gasteiger partial charge in [0.2, 0.25) is 5.91 Å². The van der Waals surface area contributed by atoms with Crippen molar-refractivity contribution in [2.75, 3.05) is 37.7 Å². The van der Waals surface area contributed by atoms with Gasteiger partial charge in [-0.1, -0.05) is 24.2 Å². The third kappa shape index (κ3) is 3.87. The fraction of sp³-hybridized carbons (Fsp3) is 0.400. The molecule has 1 N–H and O–H groups in total. The highest BCUT2D eigenvalue weighted by Gasteiger charge is 2.41. The number of hydrogen-bond donors (Lipinski definition) is 1. The van der Waals surface area contributed by atoms with Gasteiger partial charge < -0.3 is 24.5 Å². The van der Waals surface area contributed by atoms with Crippen molar-refractivity contribution in [2.24, 2.45) is 0 Å². The van der Waals surface area contributed by atoms with E-state index >= 15 is 0 Å². The number of phenols is 1. The fourth-order valence-corrected chi connectivity index (χ4v) is 5.43. The molecule has 5 rings (SSSR count). The van der Waals surface area contributed by atoms with Crippen molar-refractivity contribution < 1.29 is 23.8 Å². The Bertz CT molecular complexity index is 1200. The van der Waals surface area contributed by atoms with Gasteiger partial charge in [-0.2, -0.15) is 0 Å². The van der Waals surface area contributed by atoms with Crippen molar-refractivity contribution in [1.29, 1.82) is 0 Å². The molecule has 0 radical (unpaired) electrons. The lowest BCUT2D eigenvalue weighted by Crippen LogP contribution is -2.57. The molecule has 35 heavy (non-hydrogen) atoms. The molecule has 0 spiro atoms. The first-order chi connectivity index (χ1) is 16.8. The molecule has 0 aliphatic carbocycles. The number of nitrogens with zero attached hydrogens (tertiary/aromatic N) is 4. The predicted octanol–water partition coefficient (Wildman–Crippen LogP) is 3.47. The van der Waals surface area contributed by atoms with E-state index in [0.717, 1.165) is 12.8 Å². The van der Waals surface area contributed by atoms with Crippen molar-refractivity contribution in [1.82, 2.24) is 14.8 Å². The number of pyridine rings is 1. The number of rotatable bonds is 3. The first-order valence-electron chi connectivity index (χ1n) is 11.6. The van der Waals surface area contributed by atoms with Crippen LogP contribution in [-0.4, -0.2) is 76.6 Å². The zero-order valence-electron chi connectivity index (χ0n) is 19.3. The Morgan fingerprint density at radius 2 is 2.09 bits per heavy atom. The zero-order chi connectivity index (χ0) is 24.9. The van der Waals surface area contributed by atoms with Gasteiger partial charge in [0.1, 0.15) is 40.3 Å². The zero-order valence-corrected chi connectivity index (χ0v) is 20.1. The number of carbonyl (C=O) groups is 2. The standard InChI is InChI=1S/C25H26ClFN4O4/c1-3-18(33)29-10-11-31-15(12-29)13-35-23-20(25(31)34)24(30-9-5-6-14(30)2)28-22(21(23)26)19-16(27)7-4-8-17(19)32/h3-4,7-8,14-15,32H,1,5-6,9-13H2,2H3/t14-,15-/m1/s1. The van der Waals surface area contributed by atoms with Crippen LogP contribution >= 0.6 is 11.6 Å². The molecule has 2 atom stereocenters. The smallest absolute Gasteiger partial charge is 0.261 e. The van der Waals surface area contributed by atoms with E-state index in [1.807, 2.05) is 11.8 Å². The molecule has 3 aliphatic rings. The van der Waals surface area contributed by atoms with Gasteiger partial charge in [0, 0.05) is 32.2 Å². The summed E-state index contributed by atoms with van der Waals surface area (Å²) in [4.78, 5) is 36.1. The van der Waals surface area contributed by atoms with Crippen molar-refractivity contribution in [3.05, 3.63) is 47.3 Å². The summed E-state index contributed by atoms with van der Waals surface area (Å²) in [5, 5.41) is 10.4. The number of phenolic OH excluding ortho intramolecular Hbond substituents is 1. The van der Waals surface area contributed by atoms with Crippen LogP contribution in [0.5, 0.6) is 11.5 Å². The number of fused-ring (bicyclic) bond motifs is 2. The Balaban J connectivity index is 1.67. The highest BCUT2D eigenvalue weighted by atomic mass is 35.5. The third-order valence-electron chi connectivity index (χ3n) is 6.99. The second-order valence-corrected chi connectivity index (χ2v) is 9.45. The van der Waals surface area contributed by atoms with Crippen LogP contribution in [0, 0.1) is 5.82 Å². The highest BCUT2D eigenvalue weighted by molar-refractivity contribution is 6.35. The average molecular weight is 501 g/mol. The molecule has 2 saturated heterocycles. The number of benzene rings is 1. The normalized spacial score (nSPS) is 21.8. The van der Waals surface area contributed by atoms with Gasteiger partial charge in [-0.05, 0) is 38.0 Å². The summed E-state index contributed by atoms with van der Waals surface area (Å²) < 4.78 is 21.0. The Morgan fingerprint density at radius 3 is 2.77 bits per heavy atom. The quantitative estimate of drug-likeness (QED) is 0.649. The van der Waals surface area contributed by atoms with E-state index in [1.165, 1.54) is 24.3 Å². The van der Waals surface area contributed by atoms with E-state index in [4.69, 9.17) is 16.3 Å². The topological polar surface area (TPSA) is 86.2 Å². The van der Waals surface area contributed by atoms with Crippen LogP contribution in [0.2, 0.25) is 5.02 Å². The molecule has 1 aromatic carbocycles. The van der Waals surface area contributed by atoms with Gasteiger partial charge in [-0.25, -0.2) is 9.37 Å². The molecular weight excluding hydrogens is 475 g/mol. The molecule has 0 saturated carbocycles. The Hall–Kier alpha value is -3.33. The highest BCUT2D eigenvalue weighted by Crippen LogP contribution is 2.46. The number of anilines is 1. The maximum atomic E-state index is 14.9. The number of hydrogen-bond acceptors (Lipinski definition) is 6. The molecule has 2 fully saturated rings. The minimum atomic E-state index is -0.685. The number of aromatic nitrogens is 1. The number of amides is 2. The number of aromatic hydroxyl groups is 1. The summed E-state index contributed by atoms with van der Waals surface area (Å²) in [6.45, 7) is 7.36. The lowest BCUT2D eigenvalue weighted by molar-refractivity contribution is -0.128. The van der Waals surface area contributed by atoms with Crippen molar-refractivity contribution >= 4 is 29.2 Å². The minimum Gasteiger partial charge on any atom is -0.507 e. The molecule has 184 valence electrons. The van der Waals surface area contributed by atoms with Crippen LogP contribution < -0.4 is 9.64 Å². The van der Waals surface area contributed by atoms with Crippen LogP contribution in [0.1, 0.15) is 30.1 Å². The minimum absolute atomic E-state index is 0.0197. The summed E-state index contributed by atoms with van der Waals surface area (Å²) in [5.41, 5.74) is 0.106. The SMILES string of the molecule is C=CC(=O)N1CCN2C(=O)c3c(N4CCC[C@H]4C)nc(-c4c(O)cccc4F)c(Cl)c3OC[C@H]2C1. The molecule has 3 aliphatic heterocycles. The molecule has 10 heteroatoms. The molecule has 1 aromatic heterocycles. The lowest BCUT2D eigenvalue weighted by atomic mass is 10.0. The van der Waals surface area contributed by atoms with Gasteiger partial charge in [-0.3, -0.25) is 9.59 Å². The molecule has 2 aromatic rings. The van der Waals surface area contributed by atoms with Gasteiger partial charge in [0.25, 0.3) is 5.91 Å². The summed E-state index contributed by atoms with van der Waals surface area (Å²) in [5.74, 6) is -1.01.